The second kappa shape index (κ2) is 25.8. The zero-order chi connectivity index (χ0) is 55.3. The van der Waals surface area contributed by atoms with Gasteiger partial charge in [-0.3, -0.25) is 29.1 Å². The first-order chi connectivity index (χ1) is 39.0. The lowest BCUT2D eigenvalue weighted by molar-refractivity contribution is 0.0364. The van der Waals surface area contributed by atoms with Crippen LogP contribution in [0.25, 0.3) is 30.6 Å². The molecule has 0 aliphatic carbocycles. The molecule has 0 atom stereocenters. The topological polar surface area (TPSA) is 113 Å². The summed E-state index contributed by atoms with van der Waals surface area (Å²) in [4.78, 5) is 50.7. The SMILES string of the molecule is Cc1c(C(=O)c2ccc(Cl)cc2Cl)c2ccsc2n1CCN1CCOCC1.Cc1c(C(=O)c2cccc3c2OCC3)c2ccsc2n1CCN1CCOCC1.Cc1c(C(=O)c2ccccc2)c2ccsc2n1CCN1CCOCC1. The Labute approximate surface area is 488 Å². The number of benzene rings is 3. The van der Waals surface area contributed by atoms with Crippen molar-refractivity contribution in [3.63, 3.8) is 0 Å². The molecule has 0 N–H and O–H groups in total. The molecule has 18 heteroatoms. The number of para-hydroxylation sites is 1. The van der Waals surface area contributed by atoms with Crippen molar-refractivity contribution in [3.8, 4) is 5.75 Å². The van der Waals surface area contributed by atoms with Gasteiger partial charge in [-0.25, -0.2) is 0 Å². The lowest BCUT2D eigenvalue weighted by Gasteiger charge is -2.26. The molecule has 10 heterocycles. The summed E-state index contributed by atoms with van der Waals surface area (Å²) in [5.74, 6) is 0.912. The van der Waals surface area contributed by atoms with Crippen molar-refractivity contribution in [3.05, 3.63) is 167 Å². The van der Waals surface area contributed by atoms with E-state index in [1.807, 2.05) is 60.8 Å². The van der Waals surface area contributed by atoms with Crippen molar-refractivity contribution >= 4 is 105 Å². The lowest BCUT2D eigenvalue weighted by atomic mass is 9.98. The molecule has 9 aromatic rings. The van der Waals surface area contributed by atoms with Crippen LogP contribution in [0.1, 0.15) is 70.4 Å². The second-order valence-electron chi connectivity index (χ2n) is 20.5. The zero-order valence-corrected chi connectivity index (χ0v) is 49.4. The molecule has 0 saturated carbocycles. The monoisotopic (exact) mass is 1170 g/mol. The van der Waals surface area contributed by atoms with Crippen LogP contribution in [0.4, 0.5) is 0 Å². The van der Waals surface area contributed by atoms with Crippen molar-refractivity contribution in [1.82, 2.24) is 28.4 Å². The molecule has 0 amide bonds. The van der Waals surface area contributed by atoms with Crippen LogP contribution in [0.3, 0.4) is 0 Å². The Bertz CT molecular complexity index is 3650. The molecule has 0 bridgehead atoms. The third-order valence-corrected chi connectivity index (χ3v) is 19.2. The van der Waals surface area contributed by atoms with Crippen LogP contribution in [0.2, 0.25) is 10.0 Å². The Morgan fingerprint density at radius 3 is 1.36 bits per heavy atom. The fourth-order valence-corrected chi connectivity index (χ4v) is 14.9. The number of carbonyl (C=O) groups is 3. The fraction of sp³-hybridized carbons (Fsp3) is 0.371. The average molecular weight is 1170 g/mol. The third kappa shape index (κ3) is 11.9. The Kier molecular flexibility index (Phi) is 18.2. The number of thiophene rings is 3. The lowest BCUT2D eigenvalue weighted by Crippen LogP contribution is -2.38. The summed E-state index contributed by atoms with van der Waals surface area (Å²) in [5.41, 5.74) is 8.59. The number of rotatable bonds is 15. The number of halogens is 2. The van der Waals surface area contributed by atoms with Gasteiger partial charge < -0.3 is 32.6 Å². The van der Waals surface area contributed by atoms with Crippen molar-refractivity contribution in [1.29, 1.82) is 0 Å². The van der Waals surface area contributed by atoms with Crippen LogP contribution in [-0.4, -0.2) is 151 Å². The van der Waals surface area contributed by atoms with E-state index in [4.69, 9.17) is 42.1 Å². The van der Waals surface area contributed by atoms with Crippen LogP contribution >= 0.6 is 57.2 Å². The molecular weight excluding hydrogens is 1110 g/mol. The van der Waals surface area contributed by atoms with Gasteiger partial charge in [0.25, 0.3) is 0 Å². The van der Waals surface area contributed by atoms with E-state index < -0.39 is 0 Å². The standard InChI is InChI=1S/C22H24N2O3S.C20H20Cl2N2O2S.C20H22N2O2S/c1-15-19(20(25)18-4-2-3-16-5-11-27-21(16)18)17-6-14-28-22(17)24(15)8-7-23-9-12-26-13-10-23;1-13-18(19(25)15-3-2-14(21)12-17(15)22)16-4-11-27-20(16)24(13)6-5-23-7-9-26-10-8-23;1-15-18(19(23)16-5-3-2-4-6-16)17-7-14-25-20(17)22(15)9-8-21-10-12-24-13-11-21/h2-4,6,14H,5,7-13H2,1H3;2-4,11-12H,5-10H2,1H3;2-7,14H,8-13H2,1H3. The van der Waals surface area contributed by atoms with Crippen molar-refractivity contribution < 1.29 is 33.3 Å². The molecule has 13 nitrogen and oxygen atoms in total. The molecule has 3 fully saturated rings. The predicted molar refractivity (Wildman–Crippen MR) is 324 cm³/mol. The van der Waals surface area contributed by atoms with E-state index in [0.717, 1.165) is 196 Å². The maximum atomic E-state index is 13.5. The average Bonchev–Trinajstić information content (AvgIpc) is 4.52. The minimum absolute atomic E-state index is 0.0531. The van der Waals surface area contributed by atoms with Gasteiger partial charge in [0.05, 0.1) is 73.5 Å². The molecule has 418 valence electrons. The highest BCUT2D eigenvalue weighted by molar-refractivity contribution is 7.17. The Morgan fingerprint density at radius 1 is 0.475 bits per heavy atom. The predicted octanol–water partition coefficient (Wildman–Crippen LogP) is 12.0. The first-order valence-corrected chi connectivity index (χ1v) is 30.9. The maximum Gasteiger partial charge on any atom is 0.199 e. The Morgan fingerprint density at radius 2 is 0.912 bits per heavy atom. The number of carbonyl (C=O) groups excluding carboxylic acids is 3. The molecule has 4 aliphatic heterocycles. The summed E-state index contributed by atoms with van der Waals surface area (Å²) in [5, 5.41) is 10.2. The van der Waals surface area contributed by atoms with Gasteiger partial charge in [-0.15, -0.1) is 34.0 Å². The molecule has 0 radical (unpaired) electrons. The number of hydrogen-bond donors (Lipinski definition) is 0. The number of nitrogens with zero attached hydrogens (tertiary/aromatic N) is 6. The molecule has 3 saturated heterocycles. The molecule has 6 aromatic heterocycles. The fourth-order valence-electron chi connectivity index (χ4n) is 11.5. The third-order valence-electron chi connectivity index (χ3n) is 15.9. The molecular formula is C62H66Cl2N6O7S3. The summed E-state index contributed by atoms with van der Waals surface area (Å²) in [6.07, 6.45) is 0.879. The zero-order valence-electron chi connectivity index (χ0n) is 45.5. The van der Waals surface area contributed by atoms with Crippen LogP contribution in [0.5, 0.6) is 5.75 Å². The van der Waals surface area contributed by atoms with Crippen LogP contribution < -0.4 is 4.74 Å². The molecule has 0 unspecified atom stereocenters. The highest BCUT2D eigenvalue weighted by Crippen LogP contribution is 2.38. The van der Waals surface area contributed by atoms with Crippen LogP contribution in [0.15, 0.2) is 101 Å². The minimum atomic E-state index is -0.0531. The van der Waals surface area contributed by atoms with Gasteiger partial charge in [-0.1, -0.05) is 65.7 Å². The van der Waals surface area contributed by atoms with Gasteiger partial charge in [0.15, 0.2) is 17.3 Å². The molecule has 3 aromatic carbocycles. The van der Waals surface area contributed by atoms with Gasteiger partial charge in [0.1, 0.15) is 20.2 Å². The number of morpholine rings is 3. The number of ketones is 3. The van der Waals surface area contributed by atoms with Crippen molar-refractivity contribution in [2.45, 2.75) is 46.8 Å². The van der Waals surface area contributed by atoms with Crippen LogP contribution in [-0.2, 0) is 40.3 Å². The van der Waals surface area contributed by atoms with Crippen molar-refractivity contribution in [2.24, 2.45) is 0 Å². The van der Waals surface area contributed by atoms with Gasteiger partial charge in [0, 0.05) is 134 Å². The van der Waals surface area contributed by atoms with Gasteiger partial charge in [-0.05, 0) is 84.9 Å². The minimum Gasteiger partial charge on any atom is -0.492 e. The van der Waals surface area contributed by atoms with Crippen LogP contribution in [0, 0.1) is 20.8 Å². The number of fused-ring (bicyclic) bond motifs is 4. The van der Waals surface area contributed by atoms with E-state index in [1.165, 1.54) is 9.66 Å². The van der Waals surface area contributed by atoms with E-state index in [1.54, 1.807) is 52.2 Å². The Hall–Kier alpha value is -5.47. The highest BCUT2D eigenvalue weighted by Gasteiger charge is 2.29. The van der Waals surface area contributed by atoms with E-state index >= 15 is 0 Å². The summed E-state index contributed by atoms with van der Waals surface area (Å²) < 4.78 is 29.0. The maximum absolute atomic E-state index is 13.5. The summed E-state index contributed by atoms with van der Waals surface area (Å²) in [6.45, 7) is 23.1. The number of ether oxygens (including phenoxy) is 4. The first-order valence-electron chi connectivity index (χ1n) is 27.5. The van der Waals surface area contributed by atoms with Gasteiger partial charge in [-0.2, -0.15) is 0 Å². The molecule has 4 aliphatic rings. The molecule has 80 heavy (non-hydrogen) atoms. The van der Waals surface area contributed by atoms with Crippen molar-refractivity contribution in [2.75, 3.05) is 105 Å². The second-order valence-corrected chi connectivity index (χ2v) is 24.0. The summed E-state index contributed by atoms with van der Waals surface area (Å²) in [6, 6.07) is 26.7. The van der Waals surface area contributed by atoms with E-state index in [0.29, 0.717) is 27.8 Å². The van der Waals surface area contributed by atoms with E-state index in [2.05, 4.69) is 71.2 Å². The summed E-state index contributed by atoms with van der Waals surface area (Å²) >= 11 is 17.4. The number of hydrogen-bond acceptors (Lipinski definition) is 13. The molecule has 13 rings (SSSR count). The highest BCUT2D eigenvalue weighted by atomic mass is 35.5. The quantitative estimate of drug-likeness (QED) is 0.0920. The van der Waals surface area contributed by atoms with Gasteiger partial charge >= 0.3 is 0 Å². The Balaban J connectivity index is 0.000000127. The molecule has 0 spiro atoms. The smallest absolute Gasteiger partial charge is 0.199 e. The largest absolute Gasteiger partial charge is 0.492 e. The first kappa shape index (κ1) is 56.4. The van der Waals surface area contributed by atoms with Gasteiger partial charge in [0.2, 0.25) is 0 Å². The van der Waals surface area contributed by atoms with E-state index in [-0.39, 0.29) is 17.3 Å². The normalized spacial score (nSPS) is 16.1. The summed E-state index contributed by atoms with van der Waals surface area (Å²) in [7, 11) is 0. The van der Waals surface area contributed by atoms with E-state index in [9.17, 15) is 14.4 Å². The number of aromatic nitrogens is 3.